The van der Waals surface area contributed by atoms with Crippen LogP contribution in [-0.2, 0) is 14.3 Å². The third-order valence-corrected chi connectivity index (χ3v) is 5.23. The van der Waals surface area contributed by atoms with Gasteiger partial charge in [-0.25, -0.2) is 0 Å². The van der Waals surface area contributed by atoms with Crippen molar-refractivity contribution in [2.24, 2.45) is 0 Å². The van der Waals surface area contributed by atoms with E-state index in [4.69, 9.17) is 9.47 Å². The Balaban J connectivity index is 1.96. The fourth-order valence-electron chi connectivity index (χ4n) is 3.48. The summed E-state index contributed by atoms with van der Waals surface area (Å²) in [6.45, 7) is 12.3. The molecule has 6 heteroatoms. The highest BCUT2D eigenvalue weighted by Crippen LogP contribution is 2.32. The third-order valence-electron chi connectivity index (χ3n) is 5.23. The Hall–Kier alpha value is -3.12. The van der Waals surface area contributed by atoms with Crippen molar-refractivity contribution >= 4 is 23.1 Å². The van der Waals surface area contributed by atoms with Crippen LogP contribution in [0.2, 0.25) is 0 Å². The zero-order valence-electron chi connectivity index (χ0n) is 19.7. The van der Waals surface area contributed by atoms with Gasteiger partial charge in [0.1, 0.15) is 11.4 Å². The van der Waals surface area contributed by atoms with Crippen molar-refractivity contribution in [2.75, 3.05) is 18.5 Å². The molecule has 3 rings (SSSR count). The first-order chi connectivity index (χ1) is 15.2. The Bertz CT molecular complexity index is 1020. The largest absolute Gasteiger partial charge is 0.491 e. The lowest BCUT2D eigenvalue weighted by atomic mass is 10.0. The van der Waals surface area contributed by atoms with Gasteiger partial charge in [0.05, 0.1) is 30.9 Å². The minimum Gasteiger partial charge on any atom is -0.491 e. The average Bonchev–Trinajstić information content (AvgIpc) is 2.95. The number of hydrogen-bond acceptors (Lipinski definition) is 5. The molecule has 1 aliphatic rings. The summed E-state index contributed by atoms with van der Waals surface area (Å²) in [6, 6.07) is 13.1. The molecule has 1 N–H and O–H groups in total. The number of nitrogens with zero attached hydrogens (tertiary/aromatic N) is 1. The second kappa shape index (κ2) is 10.0. The predicted molar refractivity (Wildman–Crippen MR) is 126 cm³/mol. The van der Waals surface area contributed by atoms with E-state index in [0.29, 0.717) is 23.5 Å². The van der Waals surface area contributed by atoms with Crippen molar-refractivity contribution in [3.63, 3.8) is 0 Å². The second-order valence-corrected chi connectivity index (χ2v) is 8.55. The summed E-state index contributed by atoms with van der Waals surface area (Å²) in [5.41, 5.74) is 4.33. The summed E-state index contributed by atoms with van der Waals surface area (Å²) in [6.07, 6.45) is 0.0741. The number of nitrogens with one attached hydrogen (secondary N) is 1. The van der Waals surface area contributed by atoms with Crippen molar-refractivity contribution in [1.29, 1.82) is 0 Å². The Morgan fingerprint density at radius 2 is 1.56 bits per heavy atom. The molecule has 0 spiro atoms. The molecule has 0 saturated carbocycles. The zero-order chi connectivity index (χ0) is 23.4. The molecule has 2 amide bonds. The predicted octanol–water partition coefficient (Wildman–Crippen LogP) is 4.71. The number of anilines is 1. The van der Waals surface area contributed by atoms with Crippen LogP contribution in [0, 0.1) is 13.8 Å². The molecule has 0 aliphatic carbocycles. The number of imide groups is 1. The van der Waals surface area contributed by atoms with Gasteiger partial charge >= 0.3 is 0 Å². The summed E-state index contributed by atoms with van der Waals surface area (Å²) < 4.78 is 11.3. The molecule has 2 aromatic rings. The minimum atomic E-state index is -0.349. The van der Waals surface area contributed by atoms with E-state index in [-0.39, 0.29) is 36.3 Å². The highest BCUT2D eigenvalue weighted by Gasteiger charge is 2.39. The molecule has 0 atom stereocenters. The summed E-state index contributed by atoms with van der Waals surface area (Å²) in [5.74, 6) is 0.0382. The van der Waals surface area contributed by atoms with E-state index in [9.17, 15) is 9.59 Å². The first-order valence-corrected chi connectivity index (χ1v) is 11.0. The molecular weight excluding hydrogens is 404 g/mol. The number of ether oxygens (including phenoxy) is 2. The van der Waals surface area contributed by atoms with Gasteiger partial charge in [0.25, 0.3) is 11.8 Å². The van der Waals surface area contributed by atoms with Crippen molar-refractivity contribution in [3.05, 3.63) is 64.9 Å². The molecule has 2 aromatic carbocycles. The van der Waals surface area contributed by atoms with Crippen molar-refractivity contribution in [3.8, 4) is 5.75 Å². The van der Waals surface area contributed by atoms with Crippen LogP contribution in [0.4, 0.5) is 5.69 Å². The van der Waals surface area contributed by atoms with Crippen LogP contribution in [0.5, 0.6) is 5.75 Å². The maximum absolute atomic E-state index is 13.3. The van der Waals surface area contributed by atoms with Crippen molar-refractivity contribution in [1.82, 2.24) is 4.90 Å². The summed E-state index contributed by atoms with van der Waals surface area (Å²) in [7, 11) is 0. The van der Waals surface area contributed by atoms with Crippen LogP contribution >= 0.6 is 0 Å². The second-order valence-electron chi connectivity index (χ2n) is 8.55. The van der Waals surface area contributed by atoms with E-state index in [1.165, 1.54) is 4.90 Å². The lowest BCUT2D eigenvalue weighted by Crippen LogP contribution is -2.35. The molecule has 0 saturated heterocycles. The SMILES string of the molecule is Cc1ccc(NC2=C(c3ccc(OC(C)C)cc3)C(=O)N(CCOC(C)C)C2=O)cc1C. The Labute approximate surface area is 190 Å². The van der Waals surface area contributed by atoms with Crippen LogP contribution in [0.15, 0.2) is 48.2 Å². The lowest BCUT2D eigenvalue weighted by molar-refractivity contribution is -0.137. The highest BCUT2D eigenvalue weighted by atomic mass is 16.5. The average molecular weight is 437 g/mol. The Morgan fingerprint density at radius 1 is 0.875 bits per heavy atom. The standard InChI is InChI=1S/C26H32N2O4/c1-16(2)31-14-13-28-25(29)23(20-8-11-22(12-9-20)32-17(3)4)24(26(28)30)27-21-10-7-18(5)19(6)15-21/h7-12,15-17,27H,13-14H2,1-6H3. The highest BCUT2D eigenvalue weighted by molar-refractivity contribution is 6.36. The van der Waals surface area contributed by atoms with E-state index >= 15 is 0 Å². The quantitative estimate of drug-likeness (QED) is 0.577. The maximum Gasteiger partial charge on any atom is 0.278 e. The van der Waals surface area contributed by atoms with Gasteiger partial charge < -0.3 is 14.8 Å². The molecule has 32 heavy (non-hydrogen) atoms. The van der Waals surface area contributed by atoms with Gasteiger partial charge in [0.15, 0.2) is 0 Å². The van der Waals surface area contributed by atoms with Crippen molar-refractivity contribution < 1.29 is 19.1 Å². The maximum atomic E-state index is 13.3. The zero-order valence-corrected chi connectivity index (χ0v) is 19.7. The number of rotatable bonds is 9. The normalized spacial score (nSPS) is 14.2. The van der Waals surface area contributed by atoms with E-state index in [0.717, 1.165) is 16.8 Å². The van der Waals surface area contributed by atoms with Gasteiger partial charge in [0, 0.05) is 5.69 Å². The number of carbonyl (C=O) groups is 2. The fourth-order valence-corrected chi connectivity index (χ4v) is 3.48. The molecule has 0 aromatic heterocycles. The van der Waals surface area contributed by atoms with E-state index in [2.05, 4.69) is 5.32 Å². The Morgan fingerprint density at radius 3 is 2.16 bits per heavy atom. The first-order valence-electron chi connectivity index (χ1n) is 11.0. The molecular formula is C26H32N2O4. The molecule has 1 aliphatic heterocycles. The smallest absolute Gasteiger partial charge is 0.278 e. The van der Waals surface area contributed by atoms with Gasteiger partial charge in [-0.3, -0.25) is 14.5 Å². The van der Waals surface area contributed by atoms with Gasteiger partial charge in [-0.05, 0) is 82.5 Å². The van der Waals surface area contributed by atoms with E-state index < -0.39 is 0 Å². The molecule has 0 bridgehead atoms. The van der Waals surface area contributed by atoms with E-state index in [1.54, 1.807) is 0 Å². The number of amides is 2. The summed E-state index contributed by atoms with van der Waals surface area (Å²) in [5, 5.41) is 3.21. The van der Waals surface area contributed by atoms with Crippen LogP contribution in [0.25, 0.3) is 5.57 Å². The van der Waals surface area contributed by atoms with Crippen LogP contribution < -0.4 is 10.1 Å². The molecule has 0 radical (unpaired) electrons. The van der Waals surface area contributed by atoms with Crippen molar-refractivity contribution in [2.45, 2.75) is 53.8 Å². The third kappa shape index (κ3) is 5.37. The molecule has 6 nitrogen and oxygen atoms in total. The summed E-state index contributed by atoms with van der Waals surface area (Å²) >= 11 is 0. The Kier molecular flexibility index (Phi) is 7.36. The van der Waals surface area contributed by atoms with Crippen LogP contribution in [0.3, 0.4) is 0 Å². The summed E-state index contributed by atoms with van der Waals surface area (Å²) in [4.78, 5) is 27.8. The monoisotopic (exact) mass is 436 g/mol. The van der Waals surface area contributed by atoms with Gasteiger partial charge in [-0.1, -0.05) is 18.2 Å². The van der Waals surface area contributed by atoms with Gasteiger partial charge in [-0.2, -0.15) is 0 Å². The van der Waals surface area contributed by atoms with Gasteiger partial charge in [0.2, 0.25) is 0 Å². The molecule has 170 valence electrons. The number of hydrogen-bond donors (Lipinski definition) is 1. The lowest BCUT2D eigenvalue weighted by Gasteiger charge is -2.16. The number of benzene rings is 2. The molecule has 0 unspecified atom stereocenters. The number of carbonyl (C=O) groups excluding carboxylic acids is 2. The topological polar surface area (TPSA) is 67.9 Å². The van der Waals surface area contributed by atoms with Gasteiger partial charge in [-0.15, -0.1) is 0 Å². The van der Waals surface area contributed by atoms with Crippen LogP contribution in [-0.4, -0.2) is 42.1 Å². The minimum absolute atomic E-state index is 0.0249. The first kappa shape index (κ1) is 23.5. The van der Waals surface area contributed by atoms with Crippen LogP contribution in [0.1, 0.15) is 44.4 Å². The fraction of sp³-hybridized carbons (Fsp3) is 0.385. The molecule has 0 fully saturated rings. The molecule has 1 heterocycles. The number of aryl methyl sites for hydroxylation is 2. The van der Waals surface area contributed by atoms with E-state index in [1.807, 2.05) is 84.0 Å².